The lowest BCUT2D eigenvalue weighted by Crippen LogP contribution is -2.15. The number of aliphatic hydroxyl groups is 1. The molecule has 1 aromatic rings. The summed E-state index contributed by atoms with van der Waals surface area (Å²) in [6.07, 6.45) is 6.10. The standard InChI is InChI=1S/C15H22N2O/c1-9-5-14(10(2)17-16-9)15(18)8-13-7-11-3-4-12(13)6-11/h5,11-13,15,18H,3-4,6-8H2,1-2H3. The quantitative estimate of drug-likeness (QED) is 0.892. The third kappa shape index (κ3) is 2.16. The second-order valence-corrected chi connectivity index (χ2v) is 6.21. The van der Waals surface area contributed by atoms with Crippen LogP contribution in [0.5, 0.6) is 0 Å². The summed E-state index contributed by atoms with van der Waals surface area (Å²) < 4.78 is 0. The van der Waals surface area contributed by atoms with Gasteiger partial charge in [0.1, 0.15) is 0 Å². The highest BCUT2D eigenvalue weighted by atomic mass is 16.3. The van der Waals surface area contributed by atoms with Crippen molar-refractivity contribution >= 4 is 0 Å². The summed E-state index contributed by atoms with van der Waals surface area (Å²) in [6, 6.07) is 1.99. The van der Waals surface area contributed by atoms with Crippen molar-refractivity contribution in [1.29, 1.82) is 0 Å². The molecule has 2 fully saturated rings. The Kier molecular flexibility index (Phi) is 3.10. The van der Waals surface area contributed by atoms with E-state index in [4.69, 9.17) is 0 Å². The molecule has 4 unspecified atom stereocenters. The Hall–Kier alpha value is -0.960. The fourth-order valence-corrected chi connectivity index (χ4v) is 3.99. The normalized spacial score (nSPS) is 31.8. The molecule has 2 aliphatic rings. The van der Waals surface area contributed by atoms with Crippen molar-refractivity contribution in [1.82, 2.24) is 10.2 Å². The van der Waals surface area contributed by atoms with E-state index in [2.05, 4.69) is 10.2 Å². The molecule has 0 aliphatic heterocycles. The maximum Gasteiger partial charge on any atom is 0.0811 e. The van der Waals surface area contributed by atoms with Crippen molar-refractivity contribution in [2.75, 3.05) is 0 Å². The number of aliphatic hydroxyl groups excluding tert-OH is 1. The lowest BCUT2D eigenvalue weighted by molar-refractivity contribution is 0.124. The minimum absolute atomic E-state index is 0.358. The fourth-order valence-electron chi connectivity index (χ4n) is 3.99. The summed E-state index contributed by atoms with van der Waals surface area (Å²) >= 11 is 0. The predicted molar refractivity (Wildman–Crippen MR) is 70.0 cm³/mol. The number of nitrogens with zero attached hydrogens (tertiary/aromatic N) is 2. The first-order chi connectivity index (χ1) is 8.63. The van der Waals surface area contributed by atoms with Gasteiger partial charge in [0.2, 0.25) is 0 Å². The van der Waals surface area contributed by atoms with Crippen LogP contribution in [0.1, 0.15) is 55.2 Å². The van der Waals surface area contributed by atoms with E-state index >= 15 is 0 Å². The molecule has 3 heteroatoms. The Morgan fingerprint density at radius 3 is 2.78 bits per heavy atom. The third-order valence-corrected chi connectivity index (χ3v) is 4.91. The van der Waals surface area contributed by atoms with Crippen LogP contribution in [0.2, 0.25) is 0 Å². The van der Waals surface area contributed by atoms with E-state index < -0.39 is 0 Å². The van der Waals surface area contributed by atoms with E-state index in [1.165, 1.54) is 25.7 Å². The van der Waals surface area contributed by atoms with Crippen LogP contribution < -0.4 is 0 Å². The Balaban J connectivity index is 1.71. The van der Waals surface area contributed by atoms with E-state index in [0.717, 1.165) is 41.1 Å². The molecule has 0 radical (unpaired) electrons. The molecule has 0 spiro atoms. The molecular formula is C15H22N2O. The van der Waals surface area contributed by atoms with E-state index in [1.54, 1.807) is 0 Å². The Morgan fingerprint density at radius 1 is 1.28 bits per heavy atom. The average Bonchev–Trinajstić information content (AvgIpc) is 2.94. The number of fused-ring (bicyclic) bond motifs is 2. The molecule has 2 saturated carbocycles. The van der Waals surface area contributed by atoms with Gasteiger partial charge in [0, 0.05) is 5.56 Å². The topological polar surface area (TPSA) is 46.0 Å². The number of aryl methyl sites for hydroxylation is 2. The van der Waals surface area contributed by atoms with E-state index in [-0.39, 0.29) is 6.10 Å². The number of hydrogen-bond acceptors (Lipinski definition) is 3. The first kappa shape index (κ1) is 12.1. The molecule has 3 nitrogen and oxygen atoms in total. The van der Waals surface area contributed by atoms with Crippen LogP contribution in [-0.2, 0) is 0 Å². The van der Waals surface area contributed by atoms with Gasteiger partial charge in [-0.05, 0) is 63.4 Å². The van der Waals surface area contributed by atoms with Crippen molar-refractivity contribution in [2.45, 2.75) is 52.1 Å². The molecule has 0 aromatic carbocycles. The summed E-state index contributed by atoms with van der Waals surface area (Å²) in [5.74, 6) is 2.55. The van der Waals surface area contributed by atoms with Crippen LogP contribution in [0.4, 0.5) is 0 Å². The molecule has 3 rings (SSSR count). The van der Waals surface area contributed by atoms with E-state index in [9.17, 15) is 5.11 Å². The molecule has 4 atom stereocenters. The molecule has 2 aliphatic carbocycles. The minimum Gasteiger partial charge on any atom is -0.388 e. The van der Waals surface area contributed by atoms with Gasteiger partial charge in [-0.15, -0.1) is 0 Å². The molecular weight excluding hydrogens is 224 g/mol. The van der Waals surface area contributed by atoms with Crippen molar-refractivity contribution < 1.29 is 5.11 Å². The minimum atomic E-state index is -0.358. The number of rotatable bonds is 3. The van der Waals surface area contributed by atoms with E-state index in [0.29, 0.717) is 0 Å². The van der Waals surface area contributed by atoms with Gasteiger partial charge >= 0.3 is 0 Å². The Morgan fingerprint density at radius 2 is 2.11 bits per heavy atom. The zero-order valence-corrected chi connectivity index (χ0v) is 11.3. The van der Waals surface area contributed by atoms with Crippen molar-refractivity contribution in [2.24, 2.45) is 17.8 Å². The lowest BCUT2D eigenvalue weighted by Gasteiger charge is -2.24. The summed E-state index contributed by atoms with van der Waals surface area (Å²) in [5.41, 5.74) is 2.74. The predicted octanol–water partition coefficient (Wildman–Crippen LogP) is 2.95. The van der Waals surface area contributed by atoms with E-state index in [1.807, 2.05) is 19.9 Å². The second-order valence-electron chi connectivity index (χ2n) is 6.21. The lowest BCUT2D eigenvalue weighted by atomic mass is 9.83. The van der Waals surface area contributed by atoms with Crippen LogP contribution in [0, 0.1) is 31.6 Å². The fraction of sp³-hybridized carbons (Fsp3) is 0.733. The molecule has 0 saturated heterocycles. The van der Waals surface area contributed by atoms with Gasteiger partial charge in [0.15, 0.2) is 0 Å². The van der Waals surface area contributed by atoms with Crippen LogP contribution in [0.15, 0.2) is 6.07 Å². The zero-order chi connectivity index (χ0) is 12.7. The van der Waals surface area contributed by atoms with Crippen molar-refractivity contribution in [3.8, 4) is 0 Å². The molecule has 98 valence electrons. The SMILES string of the molecule is Cc1cc(C(O)CC2CC3CCC2C3)c(C)nn1. The van der Waals surface area contributed by atoms with Gasteiger partial charge in [0.25, 0.3) is 0 Å². The monoisotopic (exact) mass is 246 g/mol. The molecule has 2 bridgehead atoms. The van der Waals surface area contributed by atoms with Crippen LogP contribution >= 0.6 is 0 Å². The van der Waals surface area contributed by atoms with Gasteiger partial charge in [-0.2, -0.15) is 10.2 Å². The van der Waals surface area contributed by atoms with Gasteiger partial charge < -0.3 is 5.11 Å². The van der Waals surface area contributed by atoms with Gasteiger partial charge in [-0.25, -0.2) is 0 Å². The first-order valence-corrected chi connectivity index (χ1v) is 7.12. The van der Waals surface area contributed by atoms with Crippen molar-refractivity contribution in [3.63, 3.8) is 0 Å². The third-order valence-electron chi connectivity index (χ3n) is 4.91. The van der Waals surface area contributed by atoms with Crippen LogP contribution in [0.25, 0.3) is 0 Å². The van der Waals surface area contributed by atoms with Gasteiger partial charge in [-0.1, -0.05) is 6.42 Å². The average molecular weight is 246 g/mol. The molecule has 1 N–H and O–H groups in total. The van der Waals surface area contributed by atoms with Crippen molar-refractivity contribution in [3.05, 3.63) is 23.0 Å². The Bertz CT molecular complexity index is 446. The summed E-state index contributed by atoms with van der Waals surface area (Å²) in [6.45, 7) is 3.87. The molecule has 18 heavy (non-hydrogen) atoms. The van der Waals surface area contributed by atoms with Crippen LogP contribution in [0.3, 0.4) is 0 Å². The van der Waals surface area contributed by atoms with Gasteiger partial charge in [-0.3, -0.25) is 0 Å². The highest BCUT2D eigenvalue weighted by Gasteiger charge is 2.40. The van der Waals surface area contributed by atoms with Gasteiger partial charge in [0.05, 0.1) is 17.5 Å². The maximum atomic E-state index is 10.4. The second kappa shape index (κ2) is 4.61. The Labute approximate surface area is 109 Å². The van der Waals surface area contributed by atoms with Crippen LogP contribution in [-0.4, -0.2) is 15.3 Å². The number of hydrogen-bond donors (Lipinski definition) is 1. The smallest absolute Gasteiger partial charge is 0.0811 e. The molecule has 1 heterocycles. The first-order valence-electron chi connectivity index (χ1n) is 7.12. The largest absolute Gasteiger partial charge is 0.388 e. The number of aromatic nitrogens is 2. The molecule has 1 aromatic heterocycles. The summed E-state index contributed by atoms with van der Waals surface area (Å²) in [4.78, 5) is 0. The maximum absolute atomic E-state index is 10.4. The molecule has 0 amide bonds. The highest BCUT2D eigenvalue weighted by Crippen LogP contribution is 2.50. The summed E-state index contributed by atoms with van der Waals surface area (Å²) in [7, 11) is 0. The summed E-state index contributed by atoms with van der Waals surface area (Å²) in [5, 5.41) is 18.6. The highest BCUT2D eigenvalue weighted by molar-refractivity contribution is 5.22. The zero-order valence-electron chi connectivity index (χ0n) is 11.3.